The van der Waals surface area contributed by atoms with Gasteiger partial charge in [0.2, 0.25) is 0 Å². The second-order valence-electron chi connectivity index (χ2n) is 16.7. The minimum absolute atomic E-state index is 0.125. The van der Waals surface area contributed by atoms with Crippen LogP contribution < -0.4 is 24.3 Å². The molecule has 356 valence electrons. The van der Waals surface area contributed by atoms with Gasteiger partial charge in [-0.25, -0.2) is 4.79 Å². The van der Waals surface area contributed by atoms with E-state index in [1.807, 2.05) is 152 Å². The highest BCUT2D eigenvalue weighted by Gasteiger charge is 2.28. The van der Waals surface area contributed by atoms with Crippen LogP contribution in [-0.4, -0.2) is 22.6 Å². The largest absolute Gasteiger partial charge is 0.489 e. The van der Waals surface area contributed by atoms with Gasteiger partial charge in [-0.2, -0.15) is 0 Å². The van der Waals surface area contributed by atoms with E-state index < -0.39 is 11.9 Å². The molecule has 72 heavy (non-hydrogen) atoms. The Bertz CT molecular complexity index is 3180. The molecule has 0 atom stereocenters. The number of rotatable bonds is 20. The third-order valence-electron chi connectivity index (χ3n) is 11.6. The molecule has 0 aromatic heterocycles. The minimum Gasteiger partial charge on any atom is -0.489 e. The van der Waals surface area contributed by atoms with Gasteiger partial charge in [0.1, 0.15) is 43.6 Å². The summed E-state index contributed by atoms with van der Waals surface area (Å²) in [7, 11) is 0. The van der Waals surface area contributed by atoms with Crippen LogP contribution in [0.2, 0.25) is 0 Å². The average Bonchev–Trinajstić information content (AvgIpc) is 3.68. The zero-order valence-corrected chi connectivity index (χ0v) is 39.3. The lowest BCUT2D eigenvalue weighted by molar-refractivity contribution is 0.0600. The lowest BCUT2D eigenvalue weighted by atomic mass is 9.99. The summed E-state index contributed by atoms with van der Waals surface area (Å²) < 4.78 is 31.2. The van der Waals surface area contributed by atoms with Crippen molar-refractivity contribution in [3.05, 3.63) is 298 Å². The van der Waals surface area contributed by atoms with Gasteiger partial charge in [0.15, 0.2) is 23.0 Å². The maximum absolute atomic E-state index is 14.9. The number of ether oxygens (including phenoxy) is 5. The third-order valence-corrected chi connectivity index (χ3v) is 11.6. The number of carbonyl (C=O) groups is 3. The Hall–Kier alpha value is -9.41. The Balaban J connectivity index is 0.994. The van der Waals surface area contributed by atoms with Crippen LogP contribution in [0.4, 0.5) is 0 Å². The molecule has 1 heterocycles. The van der Waals surface area contributed by atoms with E-state index in [1.54, 1.807) is 85.2 Å². The molecular weight excluding hydrogens is 901 g/mol. The van der Waals surface area contributed by atoms with Crippen molar-refractivity contribution in [3.63, 3.8) is 0 Å². The van der Waals surface area contributed by atoms with Gasteiger partial charge >= 0.3 is 5.97 Å². The van der Waals surface area contributed by atoms with Gasteiger partial charge in [-0.15, -0.1) is 0 Å². The lowest BCUT2D eigenvalue weighted by Gasteiger charge is -2.27. The molecule has 9 rings (SSSR count). The molecule has 0 aliphatic carbocycles. The van der Waals surface area contributed by atoms with Gasteiger partial charge in [0.25, 0.3) is 5.91 Å². The molecule has 8 aromatic rings. The van der Waals surface area contributed by atoms with E-state index >= 15 is 0 Å². The van der Waals surface area contributed by atoms with Crippen LogP contribution in [0.15, 0.2) is 248 Å². The zero-order chi connectivity index (χ0) is 49.3. The number of allylic oxidation sites excluding steroid dienone is 2. The first-order valence-electron chi connectivity index (χ1n) is 23.4. The minimum atomic E-state index is -0.623. The highest BCUT2D eigenvalue weighted by molar-refractivity contribution is 6.12. The maximum Gasteiger partial charge on any atom is 0.343 e. The Labute approximate surface area is 418 Å². The van der Waals surface area contributed by atoms with Gasteiger partial charge in [0.05, 0.1) is 17.7 Å². The molecule has 0 fully saturated rings. The van der Waals surface area contributed by atoms with Gasteiger partial charge in [-0.05, 0) is 82.4 Å². The second-order valence-corrected chi connectivity index (χ2v) is 16.7. The molecule has 0 unspecified atom stereocenters. The molecule has 0 spiro atoms. The van der Waals surface area contributed by atoms with Crippen molar-refractivity contribution in [1.82, 2.24) is 10.2 Å². The number of amides is 1. The van der Waals surface area contributed by atoms with Crippen molar-refractivity contribution < 1.29 is 38.1 Å². The van der Waals surface area contributed by atoms with E-state index in [1.165, 1.54) is 4.90 Å². The van der Waals surface area contributed by atoms with Crippen LogP contribution in [0.5, 0.6) is 23.0 Å². The number of benzene rings is 8. The molecule has 1 N–H and O–H groups in total. The highest BCUT2D eigenvalue weighted by atomic mass is 16.5. The number of hydrogen-bond donors (Lipinski definition) is 1. The number of nitrogens with zero attached hydrogens (tertiary/aromatic N) is 1. The summed E-state index contributed by atoms with van der Waals surface area (Å²) in [5.41, 5.74) is 6.03. The number of carbonyl (C=O) groups excluding carboxylic acids is 3. The van der Waals surface area contributed by atoms with Gasteiger partial charge in [-0.3, -0.25) is 14.5 Å². The van der Waals surface area contributed by atoms with Gasteiger partial charge < -0.3 is 29.0 Å². The smallest absolute Gasteiger partial charge is 0.343 e. The average molecular weight is 951 g/mol. The molecule has 0 saturated heterocycles. The van der Waals surface area contributed by atoms with Crippen molar-refractivity contribution in [2.24, 2.45) is 0 Å². The first-order chi connectivity index (χ1) is 35.4. The predicted octanol–water partition coefficient (Wildman–Crippen LogP) is 12.6. The highest BCUT2D eigenvalue weighted by Crippen LogP contribution is 2.39. The molecule has 0 radical (unpaired) electrons. The van der Waals surface area contributed by atoms with Crippen LogP contribution in [-0.2, 0) is 37.7 Å². The van der Waals surface area contributed by atoms with E-state index in [0.717, 1.165) is 27.8 Å². The first kappa shape index (κ1) is 47.6. The van der Waals surface area contributed by atoms with Crippen LogP contribution >= 0.6 is 0 Å². The fraction of sp³-hybridized carbons (Fsp3) is 0.0806. The SMILES string of the molecule is O=C(OC1=CC=CNC=C1N(Cc1ccccc1)C(=O)c1ccc(C(=O)c2cc(OCc3ccccc3)cc(OCc3ccccc3)c2OCc2ccccc2)cc1)c1ccc(OCc2ccccc2)cc1. The molecular formula is C62H50N2O8. The maximum atomic E-state index is 14.9. The molecule has 1 aliphatic heterocycles. The van der Waals surface area contributed by atoms with Gasteiger partial charge in [0, 0.05) is 29.6 Å². The number of esters is 1. The summed E-state index contributed by atoms with van der Waals surface area (Å²) >= 11 is 0. The van der Waals surface area contributed by atoms with Gasteiger partial charge in [-0.1, -0.05) is 164 Å². The lowest BCUT2D eigenvalue weighted by Crippen LogP contribution is -2.32. The van der Waals surface area contributed by atoms with Crippen molar-refractivity contribution in [3.8, 4) is 23.0 Å². The Morgan fingerprint density at radius 1 is 0.458 bits per heavy atom. The van der Waals surface area contributed by atoms with E-state index in [-0.39, 0.29) is 54.8 Å². The molecule has 10 nitrogen and oxygen atoms in total. The van der Waals surface area contributed by atoms with Crippen molar-refractivity contribution >= 4 is 17.7 Å². The summed E-state index contributed by atoms with van der Waals surface area (Å²) in [6.45, 7) is 1.14. The zero-order valence-electron chi connectivity index (χ0n) is 39.3. The summed E-state index contributed by atoms with van der Waals surface area (Å²) in [6.07, 6.45) is 6.60. The predicted molar refractivity (Wildman–Crippen MR) is 276 cm³/mol. The fourth-order valence-corrected chi connectivity index (χ4v) is 7.76. The molecule has 0 saturated carbocycles. The van der Waals surface area contributed by atoms with Crippen LogP contribution in [0, 0.1) is 0 Å². The van der Waals surface area contributed by atoms with Crippen LogP contribution in [0.25, 0.3) is 0 Å². The summed E-state index contributed by atoms with van der Waals surface area (Å²) in [5.74, 6) is 0.337. The van der Waals surface area contributed by atoms with Crippen LogP contribution in [0.3, 0.4) is 0 Å². The van der Waals surface area contributed by atoms with Crippen molar-refractivity contribution in [2.75, 3.05) is 0 Å². The number of nitrogens with one attached hydrogen (secondary N) is 1. The normalized spacial score (nSPS) is 11.7. The Morgan fingerprint density at radius 2 is 0.931 bits per heavy atom. The summed E-state index contributed by atoms with van der Waals surface area (Å²) in [5, 5.41) is 3.09. The molecule has 8 aromatic carbocycles. The van der Waals surface area contributed by atoms with E-state index in [9.17, 15) is 14.4 Å². The Morgan fingerprint density at radius 3 is 1.49 bits per heavy atom. The molecule has 0 bridgehead atoms. The molecule has 1 aliphatic rings. The summed E-state index contributed by atoms with van der Waals surface area (Å²) in [4.78, 5) is 45.0. The van der Waals surface area contributed by atoms with Crippen molar-refractivity contribution in [2.45, 2.75) is 33.0 Å². The number of ketones is 1. The van der Waals surface area contributed by atoms with E-state index in [2.05, 4.69) is 5.32 Å². The topological polar surface area (TPSA) is 113 Å². The third kappa shape index (κ3) is 12.6. The van der Waals surface area contributed by atoms with E-state index in [0.29, 0.717) is 40.7 Å². The molecule has 1 amide bonds. The molecule has 10 heteroatoms. The Kier molecular flexibility index (Phi) is 15.7. The quantitative estimate of drug-likeness (QED) is 0.0589. The van der Waals surface area contributed by atoms with Crippen LogP contribution in [0.1, 0.15) is 64.5 Å². The summed E-state index contributed by atoms with van der Waals surface area (Å²) in [6, 6.07) is 65.0. The number of hydrogen-bond acceptors (Lipinski definition) is 9. The monoisotopic (exact) mass is 950 g/mol. The second kappa shape index (κ2) is 23.7. The van der Waals surface area contributed by atoms with E-state index in [4.69, 9.17) is 23.7 Å². The fourth-order valence-electron chi connectivity index (χ4n) is 7.76. The van der Waals surface area contributed by atoms with Crippen molar-refractivity contribution in [1.29, 1.82) is 0 Å². The first-order valence-corrected chi connectivity index (χ1v) is 23.4. The standard InChI is InChI=1S/C62H50N2O8/c65-59(55-37-54(69-42-47-21-10-3-11-22-47)38-58(70-43-48-23-12-4-13-24-48)60(55)71-44-49-25-14-5-15-26-49)50-28-30-51(31-29-50)61(66)64(40-45-17-6-1-7-18-45)56-39-63-36-16-27-57(56)72-62(67)52-32-34-53(35-33-52)68-41-46-19-8-2-9-20-46/h1-39,63H,40-44H2.